The molecule has 0 bridgehead atoms. The van der Waals surface area contributed by atoms with Crippen molar-refractivity contribution in [3.63, 3.8) is 0 Å². The Morgan fingerprint density at radius 3 is 2.52 bits per heavy atom. The Labute approximate surface area is 235 Å². The zero-order valence-corrected chi connectivity index (χ0v) is 23.4. The highest BCUT2D eigenvalue weighted by Gasteiger charge is 2.47. The zero-order valence-electron chi connectivity index (χ0n) is 22.5. The van der Waals surface area contributed by atoms with E-state index in [2.05, 4.69) is 26.3 Å². The van der Waals surface area contributed by atoms with Crippen molar-refractivity contribution in [1.29, 1.82) is 5.26 Å². The predicted octanol–water partition coefficient (Wildman–Crippen LogP) is 5.12. The van der Waals surface area contributed by atoms with Gasteiger partial charge in [0.05, 0.1) is 17.6 Å². The van der Waals surface area contributed by atoms with Crippen LogP contribution in [0.2, 0.25) is 0 Å². The molecule has 3 aromatic rings. The van der Waals surface area contributed by atoms with Gasteiger partial charge in [-0.2, -0.15) is 15.9 Å². The molecule has 3 N–H and O–H groups in total. The van der Waals surface area contributed by atoms with Crippen molar-refractivity contribution >= 4 is 22.2 Å². The normalized spacial score (nSPS) is 24.1. The van der Waals surface area contributed by atoms with Crippen molar-refractivity contribution in [1.82, 2.24) is 20.3 Å². The van der Waals surface area contributed by atoms with E-state index in [0.29, 0.717) is 66.3 Å². The summed E-state index contributed by atoms with van der Waals surface area (Å²) in [5.74, 6) is 1.87. The van der Waals surface area contributed by atoms with Crippen LogP contribution >= 0.6 is 10.6 Å². The van der Waals surface area contributed by atoms with Gasteiger partial charge < -0.3 is 14.6 Å². The highest BCUT2D eigenvalue weighted by atomic mass is 32.3. The molecule has 2 saturated carbocycles. The van der Waals surface area contributed by atoms with Crippen LogP contribution in [0.3, 0.4) is 0 Å². The number of hydrogen-bond acceptors (Lipinski definition) is 9. The lowest BCUT2D eigenvalue weighted by Gasteiger charge is -2.41. The fourth-order valence-electron chi connectivity index (χ4n) is 5.77. The minimum atomic E-state index is -2.47. The number of anilines is 1. The van der Waals surface area contributed by atoms with E-state index in [1.165, 1.54) is 0 Å². The molecule has 1 amide bonds. The molecule has 40 heavy (non-hydrogen) atoms. The molecule has 2 aromatic heterocycles. The van der Waals surface area contributed by atoms with Crippen LogP contribution in [-0.4, -0.2) is 60.1 Å². The quantitative estimate of drug-likeness (QED) is 0.372. The molecule has 1 aliphatic heterocycles. The Morgan fingerprint density at radius 2 is 1.85 bits per heavy atom. The largest absolute Gasteiger partial charge is 0.439 e. The van der Waals surface area contributed by atoms with Gasteiger partial charge in [-0.1, -0.05) is 25.0 Å². The first kappa shape index (κ1) is 26.7. The minimum absolute atomic E-state index is 0.0862. The van der Waals surface area contributed by atoms with Crippen LogP contribution in [0.25, 0.3) is 22.8 Å². The first-order chi connectivity index (χ1) is 19.3. The second kappa shape index (κ2) is 10.5. The van der Waals surface area contributed by atoms with Crippen LogP contribution in [-0.2, 0) is 4.79 Å². The lowest BCUT2D eigenvalue weighted by atomic mass is 9.76. The molecule has 3 fully saturated rings. The maximum Gasteiger partial charge on any atom is 0.246 e. The molecule has 2 atom stereocenters. The molecule has 11 heteroatoms. The van der Waals surface area contributed by atoms with Crippen molar-refractivity contribution in [2.24, 2.45) is 5.92 Å². The Morgan fingerprint density at radius 1 is 1.12 bits per heavy atom. The van der Waals surface area contributed by atoms with Crippen LogP contribution in [0.4, 0.5) is 5.69 Å². The van der Waals surface area contributed by atoms with Crippen molar-refractivity contribution in [3.05, 3.63) is 48.1 Å². The number of oxazole rings is 1. The number of rotatable bonds is 6. The fraction of sp³-hybridized carbons (Fsp3) is 0.483. The summed E-state index contributed by atoms with van der Waals surface area (Å²) >= 11 is 0. The Bertz CT molecular complexity index is 1440. The van der Waals surface area contributed by atoms with Gasteiger partial charge in [-0.15, -0.1) is 0 Å². The lowest BCUT2D eigenvalue weighted by molar-refractivity contribution is -0.127. The van der Waals surface area contributed by atoms with Gasteiger partial charge in [0, 0.05) is 42.4 Å². The van der Waals surface area contributed by atoms with E-state index in [-0.39, 0.29) is 17.7 Å². The summed E-state index contributed by atoms with van der Waals surface area (Å²) in [7, 11) is -2.47. The molecule has 6 rings (SSSR count). The third-order valence-electron chi connectivity index (χ3n) is 8.30. The summed E-state index contributed by atoms with van der Waals surface area (Å²) < 4.78 is 26.4. The predicted molar refractivity (Wildman–Crippen MR) is 153 cm³/mol. The van der Waals surface area contributed by atoms with Gasteiger partial charge in [0.15, 0.2) is 0 Å². The van der Waals surface area contributed by atoms with Crippen molar-refractivity contribution in [3.8, 4) is 28.9 Å². The van der Waals surface area contributed by atoms with E-state index in [1.807, 2.05) is 31.2 Å². The number of carbonyl (C=O) groups excluding carboxylic acids is 1. The van der Waals surface area contributed by atoms with Gasteiger partial charge >= 0.3 is 0 Å². The van der Waals surface area contributed by atoms with Crippen LogP contribution in [0.5, 0.6) is 0 Å². The van der Waals surface area contributed by atoms with Crippen LogP contribution in [0, 0.1) is 24.2 Å². The third kappa shape index (κ3) is 5.44. The highest BCUT2D eigenvalue weighted by molar-refractivity contribution is 8.24. The van der Waals surface area contributed by atoms with Crippen molar-refractivity contribution < 1.29 is 18.3 Å². The lowest BCUT2D eigenvalue weighted by Crippen LogP contribution is -2.42. The van der Waals surface area contributed by atoms with E-state index in [1.54, 1.807) is 12.3 Å². The van der Waals surface area contributed by atoms with Gasteiger partial charge in [-0.3, -0.25) is 13.9 Å². The summed E-state index contributed by atoms with van der Waals surface area (Å²) in [6, 6.07) is 12.1. The second-order valence-electron chi connectivity index (χ2n) is 11.1. The number of nitrogens with zero attached hydrogens (tertiary/aromatic N) is 5. The molecule has 2 aliphatic carbocycles. The summed E-state index contributed by atoms with van der Waals surface area (Å²) in [4.78, 5) is 29.2. The van der Waals surface area contributed by atoms with E-state index >= 15 is 0 Å². The Kier molecular flexibility index (Phi) is 7.02. The molecule has 10 nitrogen and oxygen atoms in total. The first-order valence-electron chi connectivity index (χ1n) is 13.9. The molecule has 210 valence electrons. The molecule has 3 heterocycles. The smallest absolute Gasteiger partial charge is 0.246 e. The average Bonchev–Trinajstić information content (AvgIpc) is 3.59. The molecule has 0 spiro atoms. The monoisotopic (exact) mass is 562 g/mol. The summed E-state index contributed by atoms with van der Waals surface area (Å²) in [5.41, 5.74) is 2.45. The van der Waals surface area contributed by atoms with E-state index < -0.39 is 16.1 Å². The first-order valence-corrected chi connectivity index (χ1v) is 15.8. The SMILES string of the molecule is Cc1nccc(-c2nc(-c3ccc(N4CCS(O)(O)CC4)cc3)c([C@@H]3CCCC[C@H]3C(=O)NC3(C#N)CC3)o2)n1. The number of nitriles is 1. The van der Waals surface area contributed by atoms with Gasteiger partial charge in [0.25, 0.3) is 0 Å². The van der Waals surface area contributed by atoms with E-state index in [0.717, 1.165) is 36.9 Å². The number of aryl methyl sites for hydroxylation is 1. The van der Waals surface area contributed by atoms with Crippen LogP contribution in [0.1, 0.15) is 56.0 Å². The Balaban J connectivity index is 1.34. The standard InChI is InChI=1S/C29H34N6O4S/c1-19-31-13-10-24(32-19)28-33-25(20-6-8-21(9-7-20)35-14-16-40(37,38)17-15-35)26(39-28)22-4-2-3-5-23(22)27(36)34-29(18-30)11-12-29/h6-10,13,22-23,37-38H,2-5,11-12,14-17H2,1H3,(H,34,36)/t22-,23-/m1/s1. The molecular formula is C29H34N6O4S. The Hall–Kier alpha value is -3.46. The summed E-state index contributed by atoms with van der Waals surface area (Å²) in [5, 5.41) is 12.6. The number of hydrogen-bond donors (Lipinski definition) is 3. The van der Waals surface area contributed by atoms with Gasteiger partial charge in [0.1, 0.15) is 28.5 Å². The number of benzene rings is 1. The van der Waals surface area contributed by atoms with Crippen molar-refractivity contribution in [2.75, 3.05) is 29.5 Å². The number of amides is 1. The van der Waals surface area contributed by atoms with E-state index in [9.17, 15) is 19.2 Å². The molecule has 1 aromatic carbocycles. The maximum absolute atomic E-state index is 13.4. The molecule has 3 aliphatic rings. The van der Waals surface area contributed by atoms with Gasteiger partial charge in [0.2, 0.25) is 11.8 Å². The average molecular weight is 563 g/mol. The fourth-order valence-corrected chi connectivity index (χ4v) is 7.00. The van der Waals surface area contributed by atoms with Crippen LogP contribution in [0.15, 0.2) is 40.9 Å². The zero-order chi connectivity index (χ0) is 27.9. The maximum atomic E-state index is 13.4. The molecular weight excluding hydrogens is 528 g/mol. The number of aromatic nitrogens is 3. The summed E-state index contributed by atoms with van der Waals surface area (Å²) in [6.07, 6.45) is 6.52. The van der Waals surface area contributed by atoms with Gasteiger partial charge in [-0.05, 0) is 50.8 Å². The molecule has 0 radical (unpaired) electrons. The topological polar surface area (TPSA) is 148 Å². The minimum Gasteiger partial charge on any atom is -0.439 e. The number of carbonyl (C=O) groups is 1. The molecule has 1 saturated heterocycles. The molecule has 0 unspecified atom stereocenters. The summed E-state index contributed by atoms with van der Waals surface area (Å²) in [6.45, 7) is 3.01. The van der Waals surface area contributed by atoms with Crippen molar-refractivity contribution in [2.45, 2.75) is 56.9 Å². The van der Waals surface area contributed by atoms with Crippen LogP contribution < -0.4 is 10.2 Å². The van der Waals surface area contributed by atoms with Gasteiger partial charge in [-0.25, -0.2) is 15.0 Å². The van der Waals surface area contributed by atoms with E-state index in [4.69, 9.17) is 9.40 Å². The second-order valence-corrected chi connectivity index (χ2v) is 13.6. The third-order valence-corrected chi connectivity index (χ3v) is 9.97. The number of nitrogens with one attached hydrogen (secondary N) is 1. The highest BCUT2D eigenvalue weighted by Crippen LogP contribution is 2.45.